The molecule has 3 aliphatic heterocycles. The summed E-state index contributed by atoms with van der Waals surface area (Å²) >= 11 is 1.70. The fourth-order valence-corrected chi connectivity index (χ4v) is 6.22. The fraction of sp³-hybridized carbons (Fsp3) is 0.346. The van der Waals surface area contributed by atoms with Crippen LogP contribution in [0.2, 0.25) is 0 Å². The van der Waals surface area contributed by atoms with E-state index in [9.17, 15) is 14.4 Å². The first kappa shape index (κ1) is 21.9. The Labute approximate surface area is 198 Å². The summed E-state index contributed by atoms with van der Waals surface area (Å²) in [6, 6.07) is 16.9. The third-order valence-corrected chi connectivity index (χ3v) is 7.73. The molecule has 0 saturated carbocycles. The summed E-state index contributed by atoms with van der Waals surface area (Å²) in [7, 11) is 0. The smallest absolute Gasteiger partial charge is 0.253 e. The van der Waals surface area contributed by atoms with Gasteiger partial charge in [0.1, 0.15) is 5.54 Å². The van der Waals surface area contributed by atoms with Gasteiger partial charge in [-0.2, -0.15) is 11.8 Å². The number of benzene rings is 2. The number of rotatable bonds is 7. The summed E-state index contributed by atoms with van der Waals surface area (Å²) in [5.41, 5.74) is 1.22. The Bertz CT molecular complexity index is 1120. The molecule has 1 spiro atoms. The summed E-state index contributed by atoms with van der Waals surface area (Å²) in [5.74, 6) is -1.11. The monoisotopic (exact) mass is 461 g/mol. The second kappa shape index (κ2) is 8.47. The van der Waals surface area contributed by atoms with Crippen LogP contribution < -0.4 is 10.2 Å². The number of likely N-dealkylation sites (tertiary alicyclic amines) is 1. The average molecular weight is 462 g/mol. The molecule has 7 heteroatoms. The molecule has 4 atom stereocenters. The van der Waals surface area contributed by atoms with Crippen LogP contribution >= 0.6 is 11.8 Å². The molecule has 2 fully saturated rings. The van der Waals surface area contributed by atoms with Gasteiger partial charge in [0, 0.05) is 23.8 Å². The van der Waals surface area contributed by atoms with Gasteiger partial charge in [0.2, 0.25) is 11.8 Å². The van der Waals surface area contributed by atoms with E-state index >= 15 is 0 Å². The van der Waals surface area contributed by atoms with Crippen molar-refractivity contribution in [3.8, 4) is 0 Å². The number of para-hydroxylation sites is 1. The molecule has 0 bridgehead atoms. The Morgan fingerprint density at radius 3 is 2.48 bits per heavy atom. The van der Waals surface area contributed by atoms with Crippen LogP contribution in [0.25, 0.3) is 0 Å². The fourth-order valence-electron chi connectivity index (χ4n) is 5.73. The lowest BCUT2D eigenvalue weighted by molar-refractivity contribution is -0.143. The number of amides is 3. The Morgan fingerprint density at radius 2 is 1.76 bits per heavy atom. The van der Waals surface area contributed by atoms with Crippen LogP contribution in [0.3, 0.4) is 0 Å². The second-order valence-corrected chi connectivity index (χ2v) is 9.80. The van der Waals surface area contributed by atoms with E-state index in [-0.39, 0.29) is 30.3 Å². The van der Waals surface area contributed by atoms with E-state index < -0.39 is 17.4 Å². The van der Waals surface area contributed by atoms with Gasteiger partial charge in [-0.1, -0.05) is 54.6 Å². The summed E-state index contributed by atoms with van der Waals surface area (Å²) in [6.45, 7) is 4.38. The van der Waals surface area contributed by atoms with Gasteiger partial charge in [-0.25, -0.2) is 0 Å². The zero-order valence-electron chi connectivity index (χ0n) is 18.6. The highest BCUT2D eigenvalue weighted by Gasteiger charge is 2.71. The molecule has 2 aromatic rings. The zero-order chi connectivity index (χ0) is 23.2. The zero-order valence-corrected chi connectivity index (χ0v) is 19.4. The molecule has 1 N–H and O–H groups in total. The number of imide groups is 1. The highest BCUT2D eigenvalue weighted by Crippen LogP contribution is 2.55. The van der Waals surface area contributed by atoms with Crippen LogP contribution in [-0.2, 0) is 26.5 Å². The molecule has 0 unspecified atom stereocenters. The van der Waals surface area contributed by atoms with Crippen LogP contribution in [0.5, 0.6) is 0 Å². The molecule has 3 aliphatic rings. The number of carbonyl (C=O) groups is 3. The maximum Gasteiger partial charge on any atom is 0.253 e. The van der Waals surface area contributed by atoms with E-state index in [4.69, 9.17) is 0 Å². The van der Waals surface area contributed by atoms with E-state index in [2.05, 4.69) is 11.9 Å². The molecule has 170 valence electrons. The molecule has 6 nitrogen and oxygen atoms in total. The van der Waals surface area contributed by atoms with Crippen molar-refractivity contribution >= 4 is 35.2 Å². The van der Waals surface area contributed by atoms with Gasteiger partial charge in [0.15, 0.2) is 0 Å². The summed E-state index contributed by atoms with van der Waals surface area (Å²) < 4.78 is 0. The number of carbonyl (C=O) groups excluding carboxylic acids is 3. The van der Waals surface area contributed by atoms with Crippen molar-refractivity contribution in [2.45, 2.75) is 24.5 Å². The first-order chi connectivity index (χ1) is 16.0. The van der Waals surface area contributed by atoms with Gasteiger partial charge in [-0.15, -0.1) is 6.58 Å². The predicted octanol–water partition coefficient (Wildman–Crippen LogP) is 2.94. The van der Waals surface area contributed by atoms with E-state index in [0.29, 0.717) is 13.0 Å². The van der Waals surface area contributed by atoms with Gasteiger partial charge in [0.25, 0.3) is 5.91 Å². The first-order valence-electron chi connectivity index (χ1n) is 11.2. The Morgan fingerprint density at radius 1 is 1.03 bits per heavy atom. The van der Waals surface area contributed by atoms with Crippen LogP contribution in [-0.4, -0.2) is 47.2 Å². The van der Waals surface area contributed by atoms with Crippen LogP contribution in [0.4, 0.5) is 5.69 Å². The van der Waals surface area contributed by atoms with Gasteiger partial charge in [-0.05, 0) is 30.1 Å². The molecular formula is C26H27N3O3S. The number of thioether (sulfide) groups is 1. The van der Waals surface area contributed by atoms with Crippen LogP contribution in [0, 0.1) is 11.8 Å². The summed E-state index contributed by atoms with van der Waals surface area (Å²) in [5, 5.41) is 3.54. The van der Waals surface area contributed by atoms with Gasteiger partial charge in [0.05, 0.1) is 18.4 Å². The maximum absolute atomic E-state index is 14.0. The molecule has 0 aliphatic carbocycles. The van der Waals surface area contributed by atoms with Gasteiger partial charge >= 0.3 is 0 Å². The van der Waals surface area contributed by atoms with Crippen molar-refractivity contribution in [2.75, 3.05) is 23.5 Å². The molecule has 0 radical (unpaired) electrons. The first-order valence-corrected chi connectivity index (χ1v) is 12.6. The lowest BCUT2D eigenvalue weighted by atomic mass is 9.76. The molecule has 3 amide bonds. The molecule has 2 aromatic carbocycles. The highest BCUT2D eigenvalue weighted by atomic mass is 32.2. The lowest BCUT2D eigenvalue weighted by Crippen LogP contribution is -2.55. The number of hydrogen-bond donors (Lipinski definition) is 1. The van der Waals surface area contributed by atoms with Gasteiger partial charge < -0.3 is 4.90 Å². The minimum atomic E-state index is -1.23. The topological polar surface area (TPSA) is 69.7 Å². The second-order valence-electron chi connectivity index (χ2n) is 8.81. The Hall–Kier alpha value is -2.90. The highest BCUT2D eigenvalue weighted by molar-refractivity contribution is 7.98. The number of anilines is 1. The summed E-state index contributed by atoms with van der Waals surface area (Å²) in [6.07, 6.45) is 4.42. The molecule has 5 rings (SSSR count). The van der Waals surface area contributed by atoms with Crippen molar-refractivity contribution in [3.63, 3.8) is 0 Å². The molecule has 0 aromatic heterocycles. The van der Waals surface area contributed by atoms with Crippen LogP contribution in [0.1, 0.15) is 17.5 Å². The van der Waals surface area contributed by atoms with Crippen molar-refractivity contribution < 1.29 is 14.4 Å². The van der Waals surface area contributed by atoms with Crippen molar-refractivity contribution in [1.29, 1.82) is 0 Å². The Balaban J connectivity index is 1.61. The molecule has 33 heavy (non-hydrogen) atoms. The van der Waals surface area contributed by atoms with Gasteiger partial charge in [-0.3, -0.25) is 24.6 Å². The quantitative estimate of drug-likeness (QED) is 0.507. The SMILES string of the molecule is C=CCN1C(=O)[C@]2(N[C@@H](CCSC)[C@@H]3C(=O)N(Cc4ccccc4)C(=O)[C@H]32)c2ccccc21. The number of fused-ring (bicyclic) bond motifs is 4. The third kappa shape index (κ3) is 3.17. The average Bonchev–Trinajstić information content (AvgIpc) is 3.39. The van der Waals surface area contributed by atoms with Crippen molar-refractivity contribution in [2.24, 2.45) is 11.8 Å². The lowest BCUT2D eigenvalue weighted by Gasteiger charge is -2.30. The molecular weight excluding hydrogens is 434 g/mol. The molecule has 3 heterocycles. The van der Waals surface area contributed by atoms with E-state index in [1.165, 1.54) is 4.90 Å². The van der Waals surface area contributed by atoms with E-state index in [1.54, 1.807) is 22.7 Å². The van der Waals surface area contributed by atoms with Crippen LogP contribution in [0.15, 0.2) is 67.3 Å². The van der Waals surface area contributed by atoms with E-state index in [1.807, 2.05) is 60.9 Å². The third-order valence-electron chi connectivity index (χ3n) is 7.09. The molecule has 2 saturated heterocycles. The van der Waals surface area contributed by atoms with Crippen molar-refractivity contribution in [3.05, 3.63) is 78.4 Å². The minimum Gasteiger partial charge on any atom is -0.306 e. The normalized spacial score (nSPS) is 28.0. The predicted molar refractivity (Wildman–Crippen MR) is 130 cm³/mol. The maximum atomic E-state index is 14.0. The number of hydrogen-bond acceptors (Lipinski definition) is 5. The number of nitrogens with zero attached hydrogens (tertiary/aromatic N) is 2. The summed E-state index contributed by atoms with van der Waals surface area (Å²) in [4.78, 5) is 44.6. The number of nitrogens with one attached hydrogen (secondary N) is 1. The largest absolute Gasteiger partial charge is 0.306 e. The van der Waals surface area contributed by atoms with E-state index in [0.717, 1.165) is 22.6 Å². The Kier molecular flexibility index (Phi) is 5.62. The van der Waals surface area contributed by atoms with Crippen molar-refractivity contribution in [1.82, 2.24) is 10.2 Å². The minimum absolute atomic E-state index is 0.173. The standard InChI is InChI=1S/C26H27N3O3S/c1-3-14-28-20-12-8-7-11-18(20)26(25(28)32)22-21(19(27-26)13-15-33-2)23(30)29(24(22)31)16-17-9-5-4-6-10-17/h3-12,19,21-22,27H,1,13-16H2,2H3/t19-,21-,22-,26-/m0/s1.